The Morgan fingerprint density at radius 2 is 1.61 bits per heavy atom. The first-order chi connectivity index (χ1) is 21.5. The van der Waals surface area contributed by atoms with E-state index in [2.05, 4.69) is 5.10 Å². The van der Waals surface area contributed by atoms with E-state index in [0.717, 1.165) is 33.8 Å². The number of methoxy groups -OCH3 is 1. The average Bonchev–Trinajstić information content (AvgIpc) is 3.73. The first kappa shape index (κ1) is 29.3. The summed E-state index contributed by atoms with van der Waals surface area (Å²) in [6.45, 7) is 5.42. The van der Waals surface area contributed by atoms with Crippen LogP contribution in [0.1, 0.15) is 46.9 Å². The fourth-order valence-electron chi connectivity index (χ4n) is 5.89. The van der Waals surface area contributed by atoms with Crippen LogP contribution in [-0.4, -0.2) is 69.2 Å². The van der Waals surface area contributed by atoms with Crippen molar-refractivity contribution in [1.82, 2.24) is 24.6 Å². The highest BCUT2D eigenvalue weighted by atomic mass is 32.1. The number of rotatable bonds is 8. The van der Waals surface area contributed by atoms with E-state index in [1.54, 1.807) is 18.0 Å². The van der Waals surface area contributed by atoms with Crippen molar-refractivity contribution in [3.05, 3.63) is 119 Å². The van der Waals surface area contributed by atoms with Crippen LogP contribution in [0.25, 0.3) is 16.4 Å². The molecule has 9 heteroatoms. The first-order valence-electron chi connectivity index (χ1n) is 14.8. The Balaban J connectivity index is 1.19. The summed E-state index contributed by atoms with van der Waals surface area (Å²) in [5.41, 5.74) is 5.16. The molecule has 1 aliphatic heterocycles. The van der Waals surface area contributed by atoms with Crippen molar-refractivity contribution >= 4 is 23.2 Å². The van der Waals surface area contributed by atoms with E-state index in [9.17, 15) is 9.59 Å². The van der Waals surface area contributed by atoms with Crippen LogP contribution in [0, 0.1) is 0 Å². The summed E-state index contributed by atoms with van der Waals surface area (Å²) in [4.78, 5) is 36.5. The number of ether oxygens (including phenoxy) is 1. The molecule has 0 N–H and O–H groups in total. The van der Waals surface area contributed by atoms with E-state index in [-0.39, 0.29) is 17.9 Å². The number of carbonyl (C=O) groups excluding carboxylic acids is 2. The number of amides is 2. The van der Waals surface area contributed by atoms with Gasteiger partial charge in [-0.2, -0.15) is 5.10 Å². The second-order valence-corrected chi connectivity index (χ2v) is 11.7. The molecule has 224 valence electrons. The third-order valence-corrected chi connectivity index (χ3v) is 9.02. The van der Waals surface area contributed by atoms with Gasteiger partial charge >= 0.3 is 0 Å². The SMILES string of the molecule is CCc1c(C(=O)N2CCN(C(=O)C(c3ccccc3)c3ccccc3)C(C)C2)cnn1-c1nc(-c2ccc(OC)cc2)cs1. The van der Waals surface area contributed by atoms with E-state index in [0.29, 0.717) is 36.8 Å². The van der Waals surface area contributed by atoms with Gasteiger partial charge in [-0.15, -0.1) is 11.3 Å². The topological polar surface area (TPSA) is 80.6 Å². The molecule has 0 radical (unpaired) electrons. The van der Waals surface area contributed by atoms with Crippen LogP contribution in [0.4, 0.5) is 0 Å². The predicted molar refractivity (Wildman–Crippen MR) is 172 cm³/mol. The Morgan fingerprint density at radius 1 is 0.955 bits per heavy atom. The summed E-state index contributed by atoms with van der Waals surface area (Å²) >= 11 is 1.49. The molecule has 1 unspecified atom stereocenters. The number of benzene rings is 3. The summed E-state index contributed by atoms with van der Waals surface area (Å²) in [5.74, 6) is 0.384. The maximum atomic E-state index is 14.1. The monoisotopic (exact) mass is 605 g/mol. The molecule has 1 fully saturated rings. The number of piperazine rings is 1. The molecule has 3 heterocycles. The summed E-state index contributed by atoms with van der Waals surface area (Å²) in [5, 5.41) is 7.30. The molecule has 1 aliphatic rings. The predicted octanol–water partition coefficient (Wildman–Crippen LogP) is 6.07. The third-order valence-electron chi connectivity index (χ3n) is 8.20. The Labute approximate surface area is 261 Å². The maximum Gasteiger partial charge on any atom is 0.257 e. The van der Waals surface area contributed by atoms with E-state index in [1.807, 2.05) is 114 Å². The molecule has 0 aliphatic carbocycles. The fourth-order valence-corrected chi connectivity index (χ4v) is 6.70. The van der Waals surface area contributed by atoms with Crippen LogP contribution >= 0.6 is 11.3 Å². The Kier molecular flexibility index (Phi) is 8.56. The van der Waals surface area contributed by atoms with Crippen molar-refractivity contribution < 1.29 is 14.3 Å². The summed E-state index contributed by atoms with van der Waals surface area (Å²) in [6.07, 6.45) is 2.28. The molecular formula is C35H35N5O3S. The molecule has 0 spiro atoms. The van der Waals surface area contributed by atoms with Gasteiger partial charge in [-0.25, -0.2) is 9.67 Å². The Hall–Kier alpha value is -4.76. The maximum absolute atomic E-state index is 14.1. The molecule has 44 heavy (non-hydrogen) atoms. The van der Waals surface area contributed by atoms with Crippen molar-refractivity contribution in [2.75, 3.05) is 26.7 Å². The molecule has 8 nitrogen and oxygen atoms in total. The molecule has 2 amide bonds. The Bertz CT molecular complexity index is 1690. The number of hydrogen-bond donors (Lipinski definition) is 0. The minimum atomic E-state index is -0.395. The van der Waals surface area contributed by atoms with Crippen LogP contribution in [0.2, 0.25) is 0 Å². The summed E-state index contributed by atoms with van der Waals surface area (Å²) in [6, 6.07) is 27.5. The zero-order valence-electron chi connectivity index (χ0n) is 25.1. The van der Waals surface area contributed by atoms with Gasteiger partial charge < -0.3 is 14.5 Å². The van der Waals surface area contributed by atoms with E-state index in [1.165, 1.54) is 11.3 Å². The van der Waals surface area contributed by atoms with Gasteiger partial charge in [0, 0.05) is 36.6 Å². The molecule has 5 aromatic rings. The lowest BCUT2D eigenvalue weighted by Crippen LogP contribution is -2.56. The number of nitrogens with zero attached hydrogens (tertiary/aromatic N) is 5. The lowest BCUT2D eigenvalue weighted by molar-refractivity contribution is -0.135. The molecule has 1 saturated heterocycles. The van der Waals surface area contributed by atoms with Gasteiger partial charge in [-0.05, 0) is 48.7 Å². The van der Waals surface area contributed by atoms with Crippen LogP contribution in [0.15, 0.2) is 96.5 Å². The van der Waals surface area contributed by atoms with Gasteiger partial charge in [0.2, 0.25) is 11.0 Å². The fraction of sp³-hybridized carbons (Fsp3) is 0.257. The summed E-state index contributed by atoms with van der Waals surface area (Å²) < 4.78 is 7.05. The van der Waals surface area contributed by atoms with Crippen LogP contribution in [0.5, 0.6) is 5.75 Å². The van der Waals surface area contributed by atoms with E-state index in [4.69, 9.17) is 9.72 Å². The summed E-state index contributed by atoms with van der Waals surface area (Å²) in [7, 11) is 1.65. The van der Waals surface area contributed by atoms with Gasteiger partial charge in [-0.1, -0.05) is 67.6 Å². The van der Waals surface area contributed by atoms with Crippen LogP contribution in [0.3, 0.4) is 0 Å². The standard InChI is InChI=1S/C35H35N5O3S/c1-4-31-29(21-36-40(31)35-37-30(23-44-35)25-15-17-28(43-3)18-16-25)33(41)38-19-20-39(24(2)22-38)34(42)32(26-11-7-5-8-12-26)27-13-9-6-10-14-27/h5-18,21,23-24,32H,4,19-20,22H2,1-3H3. The molecule has 1 atom stereocenters. The Morgan fingerprint density at radius 3 is 2.20 bits per heavy atom. The van der Waals surface area contributed by atoms with Crippen molar-refractivity contribution in [2.24, 2.45) is 0 Å². The number of thiazole rings is 1. The minimum absolute atomic E-state index is 0.0560. The number of aromatic nitrogens is 3. The van der Waals surface area contributed by atoms with Gasteiger partial charge in [0.1, 0.15) is 5.75 Å². The number of hydrogen-bond acceptors (Lipinski definition) is 6. The molecule has 0 bridgehead atoms. The highest BCUT2D eigenvalue weighted by Gasteiger charge is 2.35. The van der Waals surface area contributed by atoms with Crippen LogP contribution in [-0.2, 0) is 11.2 Å². The smallest absolute Gasteiger partial charge is 0.257 e. The quantitative estimate of drug-likeness (QED) is 0.215. The zero-order chi connectivity index (χ0) is 30.6. The zero-order valence-corrected chi connectivity index (χ0v) is 25.9. The van der Waals surface area contributed by atoms with Crippen molar-refractivity contribution in [3.8, 4) is 22.1 Å². The molecular weight excluding hydrogens is 570 g/mol. The van der Waals surface area contributed by atoms with Crippen molar-refractivity contribution in [3.63, 3.8) is 0 Å². The second-order valence-electron chi connectivity index (χ2n) is 10.9. The highest BCUT2D eigenvalue weighted by Crippen LogP contribution is 2.30. The molecule has 2 aromatic heterocycles. The first-order valence-corrected chi connectivity index (χ1v) is 15.7. The van der Waals surface area contributed by atoms with Crippen molar-refractivity contribution in [1.29, 1.82) is 0 Å². The van der Waals surface area contributed by atoms with Gasteiger partial charge in [-0.3, -0.25) is 9.59 Å². The largest absolute Gasteiger partial charge is 0.497 e. The van der Waals surface area contributed by atoms with Gasteiger partial charge in [0.25, 0.3) is 5.91 Å². The second kappa shape index (κ2) is 12.9. The number of carbonyl (C=O) groups is 2. The lowest BCUT2D eigenvalue weighted by Gasteiger charge is -2.41. The lowest BCUT2D eigenvalue weighted by atomic mass is 9.89. The van der Waals surface area contributed by atoms with Crippen LogP contribution < -0.4 is 4.74 Å². The molecule has 6 rings (SSSR count). The molecule has 3 aromatic carbocycles. The normalized spacial score (nSPS) is 15.0. The van der Waals surface area contributed by atoms with Crippen molar-refractivity contribution in [2.45, 2.75) is 32.2 Å². The van der Waals surface area contributed by atoms with E-state index >= 15 is 0 Å². The van der Waals surface area contributed by atoms with Gasteiger partial charge in [0.05, 0.1) is 36.2 Å². The van der Waals surface area contributed by atoms with Gasteiger partial charge in [0.15, 0.2) is 0 Å². The molecule has 0 saturated carbocycles. The van der Waals surface area contributed by atoms with E-state index < -0.39 is 5.92 Å². The third kappa shape index (κ3) is 5.75. The minimum Gasteiger partial charge on any atom is -0.497 e. The average molecular weight is 606 g/mol. The highest BCUT2D eigenvalue weighted by molar-refractivity contribution is 7.12.